The van der Waals surface area contributed by atoms with Crippen molar-refractivity contribution in [1.29, 1.82) is 0 Å². The summed E-state index contributed by atoms with van der Waals surface area (Å²) in [4.78, 5) is 33.5. The van der Waals surface area contributed by atoms with E-state index in [4.69, 9.17) is 14.9 Å². The smallest absolute Gasteiger partial charge is 0.322 e. The van der Waals surface area contributed by atoms with Crippen molar-refractivity contribution in [2.24, 2.45) is 0 Å². The quantitative estimate of drug-likeness (QED) is 0.241. The van der Waals surface area contributed by atoms with Gasteiger partial charge in [0.1, 0.15) is 24.9 Å². The number of amides is 2. The first-order valence-corrected chi connectivity index (χ1v) is 6.98. The van der Waals surface area contributed by atoms with E-state index < -0.39 is 67.2 Å². The van der Waals surface area contributed by atoms with Gasteiger partial charge in [0.25, 0.3) is 5.91 Å². The van der Waals surface area contributed by atoms with Crippen LogP contribution in [-0.4, -0.2) is 86.9 Å². The summed E-state index contributed by atoms with van der Waals surface area (Å²) in [7, 11) is 0. The summed E-state index contributed by atoms with van der Waals surface area (Å²) in [5.74, 6) is -3.32. The molecule has 1 rings (SSSR count). The number of carboxylic acids is 1. The topological polar surface area (TPSA) is 186 Å². The molecule has 0 fully saturated rings. The Balaban J connectivity index is 3.00. The first-order valence-electron chi connectivity index (χ1n) is 6.98. The third kappa shape index (κ3) is 5.16. The van der Waals surface area contributed by atoms with Crippen LogP contribution in [0.4, 0.5) is 0 Å². The number of aliphatic carboxylic acids is 1. The molecule has 1 aliphatic heterocycles. The summed E-state index contributed by atoms with van der Waals surface area (Å²) in [6.07, 6.45) is -5.37. The van der Waals surface area contributed by atoms with Gasteiger partial charge in [-0.05, 0) is 6.08 Å². The summed E-state index contributed by atoms with van der Waals surface area (Å²) in [6, 6.07) is -1.20. The summed E-state index contributed by atoms with van der Waals surface area (Å²) < 4.78 is 5.21. The highest BCUT2D eigenvalue weighted by Crippen LogP contribution is 2.22. The molecule has 0 radical (unpaired) electrons. The van der Waals surface area contributed by atoms with E-state index in [1.54, 1.807) is 0 Å². The van der Waals surface area contributed by atoms with E-state index in [1.807, 2.05) is 5.32 Å². The number of hydrogen-bond acceptors (Lipinski definition) is 8. The van der Waals surface area contributed by atoms with E-state index in [1.165, 1.54) is 0 Å². The average Bonchev–Trinajstić information content (AvgIpc) is 2.52. The Kier molecular flexibility index (Phi) is 7.10. The number of ether oxygens (including phenoxy) is 1. The average molecular weight is 348 g/mol. The normalized spacial score (nSPS) is 25.7. The fourth-order valence-electron chi connectivity index (χ4n) is 2.10. The van der Waals surface area contributed by atoms with Gasteiger partial charge in [-0.25, -0.2) is 0 Å². The lowest BCUT2D eigenvalue weighted by molar-refractivity contribution is -0.142. The monoisotopic (exact) mass is 348 g/mol. The van der Waals surface area contributed by atoms with Crippen molar-refractivity contribution in [3.8, 4) is 0 Å². The van der Waals surface area contributed by atoms with E-state index in [-0.39, 0.29) is 0 Å². The predicted octanol–water partition coefficient (Wildman–Crippen LogP) is -3.95. The molecule has 0 saturated carbocycles. The zero-order chi connectivity index (χ0) is 18.4. The van der Waals surface area contributed by atoms with Gasteiger partial charge in [-0.15, -0.1) is 0 Å². The zero-order valence-corrected chi connectivity index (χ0v) is 12.7. The lowest BCUT2D eigenvalue weighted by atomic mass is 9.93. The van der Waals surface area contributed by atoms with E-state index in [2.05, 4.69) is 5.32 Å². The summed E-state index contributed by atoms with van der Waals surface area (Å²) in [5, 5.41) is 51.4. The van der Waals surface area contributed by atoms with Gasteiger partial charge in [0.15, 0.2) is 11.9 Å². The maximum absolute atomic E-state index is 11.8. The number of aliphatic hydroxyl groups is 4. The molecule has 0 unspecified atom stereocenters. The molecule has 0 aromatic rings. The Morgan fingerprint density at radius 2 is 1.96 bits per heavy atom. The van der Waals surface area contributed by atoms with E-state index >= 15 is 0 Å². The van der Waals surface area contributed by atoms with Gasteiger partial charge in [-0.2, -0.15) is 0 Å². The summed E-state index contributed by atoms with van der Waals surface area (Å²) in [5.41, 5.74) is 0. The lowest BCUT2D eigenvalue weighted by Gasteiger charge is -2.38. The van der Waals surface area contributed by atoms with Crippen LogP contribution in [0.2, 0.25) is 0 Å². The minimum absolute atomic E-state index is 0.487. The highest BCUT2D eigenvalue weighted by molar-refractivity contribution is 5.93. The van der Waals surface area contributed by atoms with Crippen LogP contribution < -0.4 is 10.6 Å². The number of hydrogen-bond donors (Lipinski definition) is 7. The number of aliphatic hydroxyl groups excluding tert-OH is 4. The van der Waals surface area contributed by atoms with Crippen molar-refractivity contribution in [2.45, 2.75) is 37.4 Å². The molecule has 1 heterocycles. The molecule has 0 aromatic carbocycles. The molecule has 1 aliphatic rings. The van der Waals surface area contributed by atoms with Crippen LogP contribution in [0, 0.1) is 0 Å². The highest BCUT2D eigenvalue weighted by Gasteiger charge is 2.42. The highest BCUT2D eigenvalue weighted by atomic mass is 16.5. The Hall–Kier alpha value is -2.21. The van der Waals surface area contributed by atoms with Crippen molar-refractivity contribution in [3.63, 3.8) is 0 Å². The zero-order valence-electron chi connectivity index (χ0n) is 12.7. The Bertz CT molecular complexity index is 522. The molecule has 5 atom stereocenters. The molecule has 0 spiro atoms. The minimum Gasteiger partial charge on any atom is -0.480 e. The third-order valence-corrected chi connectivity index (χ3v) is 3.22. The van der Waals surface area contributed by atoms with Gasteiger partial charge < -0.3 is 40.9 Å². The van der Waals surface area contributed by atoms with Crippen molar-refractivity contribution < 1.29 is 44.7 Å². The Labute approximate surface area is 136 Å². The SMILES string of the molecule is CC(=O)N[C@H]1[C@H]([C@H](O)[C@H](O)CO)OC(C(=O)NCC(=O)O)=C[C@@H]1O. The Morgan fingerprint density at radius 3 is 2.46 bits per heavy atom. The number of carboxylic acid groups (broad SMARTS) is 1. The number of rotatable bonds is 7. The number of nitrogens with one attached hydrogen (secondary N) is 2. The van der Waals surface area contributed by atoms with Crippen LogP contribution in [0.25, 0.3) is 0 Å². The summed E-state index contributed by atoms with van der Waals surface area (Å²) in [6.45, 7) is -0.372. The van der Waals surface area contributed by atoms with Gasteiger partial charge in [0.05, 0.1) is 12.6 Å². The van der Waals surface area contributed by atoms with Crippen LogP contribution in [0.5, 0.6) is 0 Å². The second-order valence-electron chi connectivity index (χ2n) is 5.15. The largest absolute Gasteiger partial charge is 0.480 e. The third-order valence-electron chi connectivity index (χ3n) is 3.22. The molecule has 2 amide bonds. The van der Waals surface area contributed by atoms with Gasteiger partial charge >= 0.3 is 5.97 Å². The van der Waals surface area contributed by atoms with Crippen LogP contribution in [0.15, 0.2) is 11.8 Å². The number of carbonyl (C=O) groups excluding carboxylic acids is 2. The van der Waals surface area contributed by atoms with Crippen molar-refractivity contribution in [3.05, 3.63) is 11.8 Å². The van der Waals surface area contributed by atoms with Crippen molar-refractivity contribution in [1.82, 2.24) is 10.6 Å². The summed E-state index contributed by atoms with van der Waals surface area (Å²) >= 11 is 0. The van der Waals surface area contributed by atoms with E-state index in [0.29, 0.717) is 0 Å². The fraction of sp³-hybridized carbons (Fsp3) is 0.615. The molecule has 0 saturated heterocycles. The Morgan fingerprint density at radius 1 is 1.33 bits per heavy atom. The molecule has 0 aliphatic carbocycles. The maximum atomic E-state index is 11.8. The first-order chi connectivity index (χ1) is 11.2. The lowest BCUT2D eigenvalue weighted by Crippen LogP contribution is -2.60. The molecular weight excluding hydrogens is 328 g/mol. The van der Waals surface area contributed by atoms with E-state index in [9.17, 15) is 29.7 Å². The first kappa shape index (κ1) is 19.8. The van der Waals surface area contributed by atoms with Crippen LogP contribution in [0.1, 0.15) is 6.92 Å². The second kappa shape index (κ2) is 8.59. The van der Waals surface area contributed by atoms with E-state index in [0.717, 1.165) is 13.0 Å². The van der Waals surface area contributed by atoms with Crippen LogP contribution in [-0.2, 0) is 19.1 Å². The molecule has 11 nitrogen and oxygen atoms in total. The van der Waals surface area contributed by atoms with Crippen molar-refractivity contribution in [2.75, 3.05) is 13.2 Å². The molecule has 11 heteroatoms. The fourth-order valence-corrected chi connectivity index (χ4v) is 2.10. The van der Waals surface area contributed by atoms with Crippen LogP contribution in [0.3, 0.4) is 0 Å². The minimum atomic E-state index is -1.74. The predicted molar refractivity (Wildman–Crippen MR) is 76.3 cm³/mol. The van der Waals surface area contributed by atoms with Gasteiger partial charge in [0, 0.05) is 6.92 Å². The molecule has 0 bridgehead atoms. The van der Waals surface area contributed by atoms with Gasteiger partial charge in [0.2, 0.25) is 5.91 Å². The van der Waals surface area contributed by atoms with Gasteiger partial charge in [-0.1, -0.05) is 0 Å². The molecule has 0 aromatic heterocycles. The molecular formula is C13H20N2O9. The van der Waals surface area contributed by atoms with Gasteiger partial charge in [-0.3, -0.25) is 14.4 Å². The van der Waals surface area contributed by atoms with Crippen molar-refractivity contribution >= 4 is 17.8 Å². The van der Waals surface area contributed by atoms with Crippen LogP contribution >= 0.6 is 0 Å². The molecule has 7 N–H and O–H groups in total. The second-order valence-corrected chi connectivity index (χ2v) is 5.15. The standard InChI is InChI=1S/C13H20N2O9/c1-5(17)15-10-6(18)2-8(13(23)14-3-9(20)21)24-12(10)11(22)7(19)4-16/h2,6-7,10-12,16,18-19,22H,3-4H2,1H3,(H,14,23)(H,15,17)(H,20,21)/t6-,7+,10+,11+,12+/m0/s1. The molecule has 24 heavy (non-hydrogen) atoms. The molecule has 136 valence electrons. The number of carbonyl (C=O) groups is 3. The maximum Gasteiger partial charge on any atom is 0.322 e.